The summed E-state index contributed by atoms with van der Waals surface area (Å²) in [5, 5.41) is 12.3. The van der Waals surface area contributed by atoms with E-state index in [2.05, 4.69) is 26.1 Å². The minimum atomic E-state index is -0.468. The van der Waals surface area contributed by atoms with Gasteiger partial charge < -0.3 is 15.2 Å². The van der Waals surface area contributed by atoms with E-state index in [1.165, 1.54) is 0 Å². The van der Waals surface area contributed by atoms with E-state index >= 15 is 0 Å². The van der Waals surface area contributed by atoms with E-state index in [4.69, 9.17) is 4.74 Å². The lowest BCUT2D eigenvalue weighted by Gasteiger charge is -2.33. The molecule has 0 unspecified atom stereocenters. The number of aliphatic hydroxyl groups is 1. The number of carbonyl (C=O) groups excluding carboxylic acids is 1. The Morgan fingerprint density at radius 3 is 2.35 bits per heavy atom. The number of rotatable bonds is 3. The van der Waals surface area contributed by atoms with Crippen LogP contribution in [0, 0.1) is 5.41 Å². The van der Waals surface area contributed by atoms with Crippen LogP contribution in [0.2, 0.25) is 0 Å². The third kappa shape index (κ3) is 5.04. The van der Waals surface area contributed by atoms with Crippen molar-refractivity contribution in [2.24, 2.45) is 5.41 Å². The summed E-state index contributed by atoms with van der Waals surface area (Å²) in [5.41, 5.74) is -0.350. The molecule has 1 heterocycles. The minimum Gasteiger partial charge on any atom is -0.458 e. The molecule has 0 amide bonds. The lowest BCUT2D eigenvalue weighted by Crippen LogP contribution is -2.40. The fourth-order valence-corrected chi connectivity index (χ4v) is 2.55. The molecule has 0 aliphatic carbocycles. The summed E-state index contributed by atoms with van der Waals surface area (Å²) in [6.45, 7) is 10.7. The summed E-state index contributed by atoms with van der Waals surface area (Å²) in [6, 6.07) is -0.357. The zero-order valence-electron chi connectivity index (χ0n) is 11.5. The molecule has 0 aromatic rings. The fraction of sp³-hybridized carbons (Fsp3) is 0.923. The van der Waals surface area contributed by atoms with Crippen LogP contribution in [-0.4, -0.2) is 35.4 Å². The summed E-state index contributed by atoms with van der Waals surface area (Å²) in [6.07, 6.45) is 0.823. The maximum Gasteiger partial charge on any atom is 0.323 e. The maximum absolute atomic E-state index is 11.9. The summed E-state index contributed by atoms with van der Waals surface area (Å²) in [5.74, 6) is -0.254. The molecule has 0 radical (unpaired) electrons. The lowest BCUT2D eigenvalue weighted by molar-refractivity contribution is -0.161. The highest BCUT2D eigenvalue weighted by atomic mass is 16.6. The number of carbonyl (C=O) groups is 1. The van der Waals surface area contributed by atoms with Crippen LogP contribution in [0.1, 0.15) is 47.5 Å². The van der Waals surface area contributed by atoms with Crippen molar-refractivity contribution >= 4 is 5.97 Å². The van der Waals surface area contributed by atoms with E-state index in [0.717, 1.165) is 6.42 Å². The number of hydrogen-bond donors (Lipinski definition) is 2. The Kier molecular flexibility index (Phi) is 4.20. The number of nitrogens with one attached hydrogen (secondary N) is 1. The predicted octanol–water partition coefficient (Wildman–Crippen LogP) is 1.47. The van der Waals surface area contributed by atoms with E-state index < -0.39 is 11.7 Å². The van der Waals surface area contributed by atoms with Gasteiger partial charge in [0.2, 0.25) is 0 Å². The Bertz CT molecular complexity index is 281. The van der Waals surface area contributed by atoms with Crippen LogP contribution in [0.5, 0.6) is 0 Å². The van der Waals surface area contributed by atoms with Crippen molar-refractivity contribution in [3.05, 3.63) is 0 Å². The van der Waals surface area contributed by atoms with Gasteiger partial charge in [0, 0.05) is 13.0 Å². The Hall–Kier alpha value is -0.610. The largest absolute Gasteiger partial charge is 0.458 e. The van der Waals surface area contributed by atoms with Gasteiger partial charge in [-0.15, -0.1) is 0 Å². The van der Waals surface area contributed by atoms with Gasteiger partial charge in [0.25, 0.3) is 0 Å². The summed E-state index contributed by atoms with van der Waals surface area (Å²) < 4.78 is 5.53. The van der Waals surface area contributed by atoms with Crippen LogP contribution < -0.4 is 5.32 Å². The molecule has 2 atom stereocenters. The first-order valence-electron chi connectivity index (χ1n) is 6.23. The number of hydrogen-bond acceptors (Lipinski definition) is 4. The van der Waals surface area contributed by atoms with Crippen molar-refractivity contribution in [2.45, 2.75) is 65.2 Å². The van der Waals surface area contributed by atoms with Crippen LogP contribution in [0.15, 0.2) is 0 Å². The Morgan fingerprint density at radius 2 is 1.94 bits per heavy atom. The fourth-order valence-electron chi connectivity index (χ4n) is 2.55. The van der Waals surface area contributed by atoms with Crippen molar-refractivity contribution in [3.8, 4) is 0 Å². The first-order chi connectivity index (χ1) is 7.59. The molecule has 1 saturated heterocycles. The van der Waals surface area contributed by atoms with Crippen LogP contribution in [-0.2, 0) is 9.53 Å². The van der Waals surface area contributed by atoms with Gasteiger partial charge in [0.15, 0.2) is 0 Å². The number of esters is 1. The quantitative estimate of drug-likeness (QED) is 0.737. The number of β-amino-alcohol motifs (C(OH)–C–C–N with tert-alkyl or cyclic N) is 1. The third-order valence-electron chi connectivity index (χ3n) is 2.73. The first-order valence-corrected chi connectivity index (χ1v) is 6.23. The van der Waals surface area contributed by atoms with Gasteiger partial charge in [-0.1, -0.05) is 20.8 Å². The highest BCUT2D eigenvalue weighted by Gasteiger charge is 2.35. The van der Waals surface area contributed by atoms with Gasteiger partial charge in [-0.3, -0.25) is 4.79 Å². The molecule has 0 saturated carbocycles. The second-order valence-electron chi connectivity index (χ2n) is 6.77. The van der Waals surface area contributed by atoms with Crippen molar-refractivity contribution in [2.75, 3.05) is 6.54 Å². The Balaban J connectivity index is 2.50. The molecular formula is C13H25NO3. The second kappa shape index (κ2) is 4.94. The molecule has 17 heavy (non-hydrogen) atoms. The molecule has 1 aliphatic rings. The SMILES string of the molecule is CC(C)(C)CC(C)(C)OC(=O)[C@H]1C[C@H](O)CN1. The molecule has 0 bridgehead atoms. The molecule has 1 fully saturated rings. The molecular weight excluding hydrogens is 218 g/mol. The van der Waals surface area contributed by atoms with E-state index in [1.807, 2.05) is 13.8 Å². The number of ether oxygens (including phenoxy) is 1. The van der Waals surface area contributed by atoms with E-state index in [-0.39, 0.29) is 17.4 Å². The van der Waals surface area contributed by atoms with E-state index in [0.29, 0.717) is 13.0 Å². The maximum atomic E-state index is 11.9. The molecule has 100 valence electrons. The van der Waals surface area contributed by atoms with Gasteiger partial charge in [-0.05, 0) is 25.7 Å². The van der Waals surface area contributed by atoms with Crippen molar-refractivity contribution in [3.63, 3.8) is 0 Å². The normalized spacial score (nSPS) is 26.0. The van der Waals surface area contributed by atoms with Crippen LogP contribution in [0.25, 0.3) is 0 Å². The zero-order valence-corrected chi connectivity index (χ0v) is 11.5. The summed E-state index contributed by atoms with van der Waals surface area (Å²) in [4.78, 5) is 11.9. The lowest BCUT2D eigenvalue weighted by atomic mass is 9.83. The third-order valence-corrected chi connectivity index (χ3v) is 2.73. The molecule has 0 aromatic carbocycles. The van der Waals surface area contributed by atoms with Crippen LogP contribution in [0.3, 0.4) is 0 Å². The van der Waals surface area contributed by atoms with Gasteiger partial charge in [-0.25, -0.2) is 0 Å². The second-order valence-corrected chi connectivity index (χ2v) is 6.77. The van der Waals surface area contributed by atoms with Crippen molar-refractivity contribution in [1.29, 1.82) is 0 Å². The molecule has 4 heteroatoms. The van der Waals surface area contributed by atoms with Crippen LogP contribution >= 0.6 is 0 Å². The highest BCUT2D eigenvalue weighted by molar-refractivity contribution is 5.76. The monoisotopic (exact) mass is 243 g/mol. The van der Waals surface area contributed by atoms with Gasteiger partial charge >= 0.3 is 5.97 Å². The molecule has 1 aliphatic heterocycles. The first kappa shape index (κ1) is 14.5. The standard InChI is InChI=1S/C13H25NO3/c1-12(2,3)8-13(4,5)17-11(16)10-6-9(15)7-14-10/h9-10,14-15H,6-8H2,1-5H3/t9-,10+/m0/s1. The molecule has 1 rings (SSSR count). The average molecular weight is 243 g/mol. The van der Waals surface area contributed by atoms with E-state index in [9.17, 15) is 9.90 Å². The Morgan fingerprint density at radius 1 is 1.35 bits per heavy atom. The summed E-state index contributed by atoms with van der Waals surface area (Å²) >= 11 is 0. The smallest absolute Gasteiger partial charge is 0.323 e. The van der Waals surface area contributed by atoms with Gasteiger partial charge in [-0.2, -0.15) is 0 Å². The molecule has 0 spiro atoms. The minimum absolute atomic E-state index is 0.117. The zero-order chi connectivity index (χ0) is 13.3. The van der Waals surface area contributed by atoms with Gasteiger partial charge in [0.1, 0.15) is 11.6 Å². The Labute approximate surface area is 104 Å². The highest BCUT2D eigenvalue weighted by Crippen LogP contribution is 2.30. The topological polar surface area (TPSA) is 58.6 Å². The van der Waals surface area contributed by atoms with Gasteiger partial charge in [0.05, 0.1) is 6.10 Å². The summed E-state index contributed by atoms with van der Waals surface area (Å²) in [7, 11) is 0. The van der Waals surface area contributed by atoms with E-state index in [1.54, 1.807) is 0 Å². The van der Waals surface area contributed by atoms with Crippen LogP contribution in [0.4, 0.5) is 0 Å². The molecule has 4 nitrogen and oxygen atoms in total. The molecule has 0 aromatic heterocycles. The predicted molar refractivity (Wildman–Crippen MR) is 66.7 cm³/mol. The average Bonchev–Trinajstić information content (AvgIpc) is 2.45. The number of aliphatic hydroxyl groups excluding tert-OH is 1. The van der Waals surface area contributed by atoms with Crippen molar-refractivity contribution < 1.29 is 14.6 Å². The van der Waals surface area contributed by atoms with Crippen molar-refractivity contribution in [1.82, 2.24) is 5.32 Å². The molecule has 2 N–H and O–H groups in total.